The molecule has 0 aliphatic heterocycles. The van der Waals surface area contributed by atoms with Gasteiger partial charge >= 0.3 is 5.97 Å². The van der Waals surface area contributed by atoms with Crippen molar-refractivity contribution in [1.29, 1.82) is 0 Å². The van der Waals surface area contributed by atoms with Crippen molar-refractivity contribution < 1.29 is 14.6 Å². The molecule has 2 aromatic heterocycles. The average Bonchev–Trinajstić information content (AvgIpc) is 3.31. The molecule has 4 aliphatic carbocycles. The number of fused-ring (bicyclic) bond motifs is 1. The molecule has 188 valence electrons. The van der Waals surface area contributed by atoms with Crippen molar-refractivity contribution in [3.05, 3.63) is 35.4 Å². The second-order valence-electron chi connectivity index (χ2n) is 13.0. The molecule has 1 spiro atoms. The van der Waals surface area contributed by atoms with Crippen LogP contribution in [0.15, 0.2) is 18.3 Å². The number of nitrogens with zero attached hydrogens (tertiary/aromatic N) is 4. The summed E-state index contributed by atoms with van der Waals surface area (Å²) >= 11 is 0. The van der Waals surface area contributed by atoms with E-state index in [2.05, 4.69) is 49.4 Å². The minimum atomic E-state index is -1.00. The van der Waals surface area contributed by atoms with Crippen molar-refractivity contribution in [1.82, 2.24) is 19.7 Å². The summed E-state index contributed by atoms with van der Waals surface area (Å²) in [7, 11) is 4.22. The van der Waals surface area contributed by atoms with Crippen LogP contribution in [0, 0.1) is 35.5 Å². The Morgan fingerprint density at radius 2 is 1.83 bits per heavy atom. The molecule has 35 heavy (non-hydrogen) atoms. The highest BCUT2D eigenvalue weighted by Gasteiger charge is 2.93. The van der Waals surface area contributed by atoms with Gasteiger partial charge in [0.15, 0.2) is 5.69 Å². The van der Waals surface area contributed by atoms with Crippen LogP contribution >= 0.6 is 0 Å². The van der Waals surface area contributed by atoms with Gasteiger partial charge in [-0.1, -0.05) is 19.9 Å². The Morgan fingerprint density at radius 3 is 2.51 bits per heavy atom. The molecule has 2 aromatic rings. The Bertz CT molecular complexity index is 1240. The Balaban J connectivity index is 1.32. The molecular weight excluding hydrogens is 440 g/mol. The van der Waals surface area contributed by atoms with E-state index in [4.69, 9.17) is 9.84 Å². The molecule has 6 rings (SSSR count). The molecule has 0 saturated heterocycles. The Morgan fingerprint density at radius 1 is 1.09 bits per heavy atom. The summed E-state index contributed by atoms with van der Waals surface area (Å²) in [6, 6.07) is 3.74. The number of carboxylic acids is 1. The Kier molecular flexibility index (Phi) is 4.60. The van der Waals surface area contributed by atoms with Crippen molar-refractivity contribution in [3.63, 3.8) is 0 Å². The smallest absolute Gasteiger partial charge is 0.355 e. The first kappa shape index (κ1) is 23.2. The number of aromatic carboxylic acids is 1. The number of aryl methyl sites for hydroxylation is 1. The molecule has 5 unspecified atom stereocenters. The summed E-state index contributed by atoms with van der Waals surface area (Å²) in [6.07, 6.45) is 7.88. The molecule has 0 amide bonds. The number of ether oxygens (including phenoxy) is 1. The lowest BCUT2D eigenvalue weighted by Gasteiger charge is -2.82. The second-order valence-corrected chi connectivity index (χ2v) is 13.0. The predicted octanol–water partition coefficient (Wildman–Crippen LogP) is 4.57. The number of pyridine rings is 1. The fraction of sp³-hybridized carbons (Fsp3) is 0.679. The highest BCUT2D eigenvalue weighted by Crippen LogP contribution is 2.95. The zero-order valence-corrected chi connectivity index (χ0v) is 21.9. The molecule has 7 heteroatoms. The topological polar surface area (TPSA) is 80.5 Å². The van der Waals surface area contributed by atoms with Gasteiger partial charge in [0.1, 0.15) is 0 Å². The zero-order chi connectivity index (χ0) is 25.0. The Hall–Kier alpha value is -2.25. The number of aromatic nitrogens is 3. The largest absolute Gasteiger partial charge is 0.476 e. The minimum absolute atomic E-state index is 0.00422. The quantitative estimate of drug-likeness (QED) is 0.599. The van der Waals surface area contributed by atoms with Crippen LogP contribution in [-0.4, -0.2) is 63.6 Å². The number of rotatable bonds is 8. The van der Waals surface area contributed by atoms with E-state index in [1.807, 2.05) is 25.3 Å². The average molecular weight is 479 g/mol. The number of hydrogen-bond acceptors (Lipinski definition) is 5. The molecule has 1 N–H and O–H groups in total. The van der Waals surface area contributed by atoms with Gasteiger partial charge in [0.25, 0.3) is 0 Å². The van der Waals surface area contributed by atoms with Crippen LogP contribution in [-0.2, 0) is 11.3 Å². The Labute approximate surface area is 207 Å². The van der Waals surface area contributed by atoms with E-state index in [9.17, 15) is 9.90 Å². The monoisotopic (exact) mass is 478 g/mol. The number of carboxylic acid groups (broad SMARTS) is 1. The second kappa shape index (κ2) is 6.94. The number of carbonyl (C=O) groups is 1. The van der Waals surface area contributed by atoms with Crippen LogP contribution in [0.4, 0.5) is 0 Å². The molecule has 4 saturated carbocycles. The summed E-state index contributed by atoms with van der Waals surface area (Å²) in [5.41, 5.74) is 4.54. The third kappa shape index (κ3) is 2.77. The van der Waals surface area contributed by atoms with Crippen molar-refractivity contribution >= 4 is 5.97 Å². The van der Waals surface area contributed by atoms with Gasteiger partial charge in [0.2, 0.25) is 0 Å². The van der Waals surface area contributed by atoms with E-state index in [-0.39, 0.29) is 16.7 Å². The summed E-state index contributed by atoms with van der Waals surface area (Å²) in [4.78, 5) is 18.4. The third-order valence-electron chi connectivity index (χ3n) is 10.4. The van der Waals surface area contributed by atoms with Gasteiger partial charge < -0.3 is 14.7 Å². The maximum Gasteiger partial charge on any atom is 0.355 e. The first-order valence-electron chi connectivity index (χ1n) is 12.9. The molecule has 5 atom stereocenters. The van der Waals surface area contributed by atoms with Crippen LogP contribution in [0.5, 0.6) is 0 Å². The highest BCUT2D eigenvalue weighted by atomic mass is 16.5. The molecule has 2 heterocycles. The van der Waals surface area contributed by atoms with Gasteiger partial charge in [0.05, 0.1) is 18.4 Å². The lowest BCUT2D eigenvalue weighted by atomic mass is 9.24. The van der Waals surface area contributed by atoms with Crippen molar-refractivity contribution in [2.75, 3.05) is 27.2 Å². The fourth-order valence-corrected chi connectivity index (χ4v) is 9.91. The molecule has 4 aliphatic rings. The number of hydrogen-bond donors (Lipinski definition) is 1. The molecule has 0 aromatic carbocycles. The minimum Gasteiger partial charge on any atom is -0.476 e. The van der Waals surface area contributed by atoms with Crippen LogP contribution in [0.25, 0.3) is 11.1 Å². The van der Waals surface area contributed by atoms with Gasteiger partial charge in [0, 0.05) is 41.0 Å². The van der Waals surface area contributed by atoms with E-state index in [0.29, 0.717) is 27.5 Å². The third-order valence-corrected chi connectivity index (χ3v) is 10.4. The van der Waals surface area contributed by atoms with Crippen LogP contribution in [0.3, 0.4) is 0 Å². The van der Waals surface area contributed by atoms with Crippen molar-refractivity contribution in [2.45, 2.75) is 71.9 Å². The van der Waals surface area contributed by atoms with Crippen LogP contribution in [0.2, 0.25) is 0 Å². The number of likely N-dealkylation sites (N-methyl/N-ethyl adjacent to an activating group) is 1. The predicted molar refractivity (Wildman–Crippen MR) is 133 cm³/mol. The van der Waals surface area contributed by atoms with Gasteiger partial charge in [-0.05, 0) is 82.4 Å². The molecule has 7 nitrogen and oxygen atoms in total. The first-order chi connectivity index (χ1) is 16.4. The zero-order valence-electron chi connectivity index (χ0n) is 21.9. The van der Waals surface area contributed by atoms with E-state index in [1.165, 1.54) is 25.7 Å². The van der Waals surface area contributed by atoms with Gasteiger partial charge in [-0.15, -0.1) is 0 Å². The molecule has 2 bridgehead atoms. The van der Waals surface area contributed by atoms with Gasteiger partial charge in [-0.25, -0.2) is 9.78 Å². The summed E-state index contributed by atoms with van der Waals surface area (Å²) in [5.74, 6) is -1.00. The van der Waals surface area contributed by atoms with Crippen molar-refractivity contribution in [3.8, 4) is 11.1 Å². The van der Waals surface area contributed by atoms with Crippen molar-refractivity contribution in [2.24, 2.45) is 21.7 Å². The lowest BCUT2D eigenvalue weighted by molar-refractivity contribution is -0.387. The summed E-state index contributed by atoms with van der Waals surface area (Å²) < 4.78 is 8.96. The summed E-state index contributed by atoms with van der Waals surface area (Å²) in [5, 5.41) is 14.5. The highest BCUT2D eigenvalue weighted by molar-refractivity contribution is 5.94. The molecule has 0 radical (unpaired) electrons. The molecular formula is C28H38N4O3. The van der Waals surface area contributed by atoms with Gasteiger partial charge in [-0.2, -0.15) is 5.10 Å². The molecule has 4 fully saturated rings. The standard InChI is InChI=1S/C28H38N4O3/c1-18-7-8-20(22(30-18)23(33)34)21-11-29-32(19(21)2)17-26-13-24(3)12-25(4)14-27(15-26,28(24,25)16-26)35-10-9-31(5)6/h7-8,11H,9-10,12-17H2,1-6H3,(H,33,34). The maximum atomic E-state index is 11.9. The van der Waals surface area contributed by atoms with Crippen LogP contribution < -0.4 is 0 Å². The van der Waals surface area contributed by atoms with E-state index >= 15 is 0 Å². The summed E-state index contributed by atoms with van der Waals surface area (Å²) in [6.45, 7) is 11.5. The SMILES string of the molecule is Cc1ccc(-c2cnn(CC34CC5(C)CC6(C)CC(OCCN(C)C)(C3)C56C4)c2C)c(C(=O)O)n1. The van der Waals surface area contributed by atoms with E-state index in [0.717, 1.165) is 37.4 Å². The van der Waals surface area contributed by atoms with Gasteiger partial charge in [-0.3, -0.25) is 4.68 Å². The van der Waals surface area contributed by atoms with E-state index in [1.54, 1.807) is 0 Å². The van der Waals surface area contributed by atoms with E-state index < -0.39 is 5.97 Å². The lowest BCUT2D eigenvalue weighted by Crippen LogP contribution is -2.81. The first-order valence-corrected chi connectivity index (χ1v) is 12.9. The maximum absolute atomic E-state index is 11.9. The normalized spacial score (nSPS) is 38.4. The fourth-order valence-electron chi connectivity index (χ4n) is 9.91. The van der Waals surface area contributed by atoms with Crippen LogP contribution in [0.1, 0.15) is 67.8 Å².